The Morgan fingerprint density at radius 1 is 1.47 bits per heavy atom. The van der Waals surface area contributed by atoms with Crippen LogP contribution in [0.1, 0.15) is 31.7 Å². The Morgan fingerprint density at radius 3 is 3.06 bits per heavy atom. The molecule has 2 rings (SSSR count). The quantitative estimate of drug-likeness (QED) is 0.870. The first kappa shape index (κ1) is 13.8. The van der Waals surface area contributed by atoms with Crippen LogP contribution in [0.4, 0.5) is 11.4 Å². The molecule has 94 valence electrons. The molecule has 1 aliphatic heterocycles. The fraction of sp³-hybridized carbons (Fsp3) is 0.462. The summed E-state index contributed by atoms with van der Waals surface area (Å²) in [6.07, 6.45) is 3.66. The molecular weight excluding hydrogens is 236 g/mol. The van der Waals surface area contributed by atoms with E-state index in [4.69, 9.17) is 0 Å². The van der Waals surface area contributed by atoms with E-state index in [-0.39, 0.29) is 18.3 Å². The molecular formula is C13H19ClN2O. The second-order valence-corrected chi connectivity index (χ2v) is 4.16. The van der Waals surface area contributed by atoms with Crippen LogP contribution in [0.15, 0.2) is 18.2 Å². The zero-order valence-corrected chi connectivity index (χ0v) is 10.9. The second-order valence-electron chi connectivity index (χ2n) is 4.16. The van der Waals surface area contributed by atoms with E-state index in [1.165, 1.54) is 11.3 Å². The van der Waals surface area contributed by atoms with Gasteiger partial charge in [0.05, 0.1) is 0 Å². The molecule has 0 aliphatic carbocycles. The van der Waals surface area contributed by atoms with Gasteiger partial charge in [0.1, 0.15) is 0 Å². The highest BCUT2D eigenvalue weighted by molar-refractivity contribution is 5.92. The zero-order valence-electron chi connectivity index (χ0n) is 10.1. The van der Waals surface area contributed by atoms with Gasteiger partial charge in [-0.1, -0.05) is 13.0 Å². The van der Waals surface area contributed by atoms with E-state index in [9.17, 15) is 4.79 Å². The fourth-order valence-corrected chi connectivity index (χ4v) is 2.07. The number of anilines is 2. The van der Waals surface area contributed by atoms with Gasteiger partial charge in [0.25, 0.3) is 0 Å². The number of nitrogens with one attached hydrogen (secondary N) is 2. The van der Waals surface area contributed by atoms with Crippen LogP contribution in [-0.2, 0) is 11.2 Å². The third-order valence-electron chi connectivity index (χ3n) is 2.85. The van der Waals surface area contributed by atoms with Crippen LogP contribution in [0.5, 0.6) is 0 Å². The average Bonchev–Trinajstić information content (AvgIpc) is 2.30. The van der Waals surface area contributed by atoms with Crippen LogP contribution in [0.3, 0.4) is 0 Å². The highest BCUT2D eigenvalue weighted by atomic mass is 35.5. The van der Waals surface area contributed by atoms with E-state index < -0.39 is 0 Å². The molecule has 1 heterocycles. The molecule has 3 nitrogen and oxygen atoms in total. The zero-order chi connectivity index (χ0) is 11.4. The monoisotopic (exact) mass is 254 g/mol. The van der Waals surface area contributed by atoms with E-state index in [0.29, 0.717) is 6.42 Å². The van der Waals surface area contributed by atoms with Crippen LogP contribution in [-0.4, -0.2) is 12.5 Å². The normalized spacial score (nSPS) is 13.0. The molecule has 0 spiro atoms. The van der Waals surface area contributed by atoms with Gasteiger partial charge in [-0.25, -0.2) is 0 Å². The Bertz CT molecular complexity index is 393. The molecule has 0 saturated heterocycles. The number of rotatable bonds is 3. The summed E-state index contributed by atoms with van der Waals surface area (Å²) in [6.45, 7) is 3.04. The number of amides is 1. The Morgan fingerprint density at radius 2 is 2.29 bits per heavy atom. The third-order valence-corrected chi connectivity index (χ3v) is 2.85. The Hall–Kier alpha value is -1.22. The maximum Gasteiger partial charge on any atom is 0.224 e. The minimum atomic E-state index is 0. The van der Waals surface area contributed by atoms with E-state index in [1.807, 2.05) is 19.1 Å². The maximum absolute atomic E-state index is 11.6. The van der Waals surface area contributed by atoms with Gasteiger partial charge in [-0.15, -0.1) is 12.4 Å². The summed E-state index contributed by atoms with van der Waals surface area (Å²) in [7, 11) is 0. The van der Waals surface area contributed by atoms with Crippen molar-refractivity contribution in [3.8, 4) is 0 Å². The van der Waals surface area contributed by atoms with Crippen molar-refractivity contribution in [3.05, 3.63) is 23.8 Å². The Kier molecular flexibility index (Phi) is 5.29. The topological polar surface area (TPSA) is 41.1 Å². The molecule has 1 aromatic rings. The molecule has 0 fully saturated rings. The van der Waals surface area contributed by atoms with Crippen molar-refractivity contribution >= 4 is 29.7 Å². The van der Waals surface area contributed by atoms with Gasteiger partial charge >= 0.3 is 0 Å². The van der Waals surface area contributed by atoms with Crippen molar-refractivity contribution in [1.29, 1.82) is 0 Å². The summed E-state index contributed by atoms with van der Waals surface area (Å²) in [5.74, 6) is 0.112. The largest absolute Gasteiger partial charge is 0.385 e. The summed E-state index contributed by atoms with van der Waals surface area (Å²) in [4.78, 5) is 11.6. The van der Waals surface area contributed by atoms with Gasteiger partial charge in [-0.2, -0.15) is 0 Å². The van der Waals surface area contributed by atoms with Gasteiger partial charge in [0, 0.05) is 24.3 Å². The third kappa shape index (κ3) is 3.37. The fourth-order valence-electron chi connectivity index (χ4n) is 2.07. The summed E-state index contributed by atoms with van der Waals surface area (Å²) in [6, 6.07) is 6.04. The molecule has 1 aliphatic rings. The van der Waals surface area contributed by atoms with Crippen molar-refractivity contribution < 1.29 is 4.79 Å². The van der Waals surface area contributed by atoms with Crippen LogP contribution in [0.25, 0.3) is 0 Å². The highest BCUT2D eigenvalue weighted by Crippen LogP contribution is 2.28. The van der Waals surface area contributed by atoms with Crippen LogP contribution < -0.4 is 10.6 Å². The molecule has 0 bridgehead atoms. The summed E-state index contributed by atoms with van der Waals surface area (Å²) in [5.41, 5.74) is 3.39. The standard InChI is InChI=1S/C13H18N2O.ClH/c1-2-5-13(16)15-12-8-3-7-11-10(12)6-4-9-14-11;/h3,7-8,14H,2,4-6,9H2,1H3,(H,15,16);1H. The van der Waals surface area contributed by atoms with Gasteiger partial charge in [0.2, 0.25) is 5.91 Å². The van der Waals surface area contributed by atoms with Gasteiger partial charge in [-0.05, 0) is 37.0 Å². The predicted octanol–water partition coefficient (Wildman–Crippen LogP) is 3.21. The van der Waals surface area contributed by atoms with Crippen molar-refractivity contribution in [2.45, 2.75) is 32.6 Å². The van der Waals surface area contributed by atoms with Gasteiger partial charge in [0.15, 0.2) is 0 Å². The molecule has 1 aromatic carbocycles. The molecule has 2 N–H and O–H groups in total. The Balaban J connectivity index is 0.00000144. The first-order valence-electron chi connectivity index (χ1n) is 5.97. The maximum atomic E-state index is 11.6. The summed E-state index contributed by atoms with van der Waals surface area (Å²) >= 11 is 0. The lowest BCUT2D eigenvalue weighted by molar-refractivity contribution is -0.116. The lowest BCUT2D eigenvalue weighted by Gasteiger charge is -2.21. The number of carbonyl (C=O) groups excluding carboxylic acids is 1. The Labute approximate surface area is 108 Å². The number of halogens is 1. The molecule has 0 radical (unpaired) electrons. The highest BCUT2D eigenvalue weighted by Gasteiger charge is 2.13. The van der Waals surface area contributed by atoms with Crippen molar-refractivity contribution in [3.63, 3.8) is 0 Å². The van der Waals surface area contributed by atoms with Gasteiger partial charge < -0.3 is 10.6 Å². The lowest BCUT2D eigenvalue weighted by atomic mass is 10.0. The van der Waals surface area contributed by atoms with Crippen LogP contribution >= 0.6 is 12.4 Å². The number of fused-ring (bicyclic) bond motifs is 1. The summed E-state index contributed by atoms with van der Waals surface area (Å²) in [5, 5.41) is 6.35. The van der Waals surface area contributed by atoms with E-state index >= 15 is 0 Å². The first-order valence-corrected chi connectivity index (χ1v) is 5.97. The molecule has 17 heavy (non-hydrogen) atoms. The number of benzene rings is 1. The minimum absolute atomic E-state index is 0. The van der Waals surface area contributed by atoms with Crippen LogP contribution in [0, 0.1) is 0 Å². The van der Waals surface area contributed by atoms with E-state index in [1.54, 1.807) is 0 Å². The predicted molar refractivity (Wildman–Crippen MR) is 74.0 cm³/mol. The van der Waals surface area contributed by atoms with Gasteiger partial charge in [-0.3, -0.25) is 4.79 Å². The van der Waals surface area contributed by atoms with Crippen molar-refractivity contribution in [2.24, 2.45) is 0 Å². The number of hydrogen-bond donors (Lipinski definition) is 2. The van der Waals surface area contributed by atoms with Crippen LogP contribution in [0.2, 0.25) is 0 Å². The molecule has 0 aromatic heterocycles. The SMILES string of the molecule is CCCC(=O)Nc1cccc2c1CCCN2.Cl. The van der Waals surface area contributed by atoms with E-state index in [0.717, 1.165) is 31.5 Å². The molecule has 1 amide bonds. The molecule has 4 heteroatoms. The minimum Gasteiger partial charge on any atom is -0.385 e. The smallest absolute Gasteiger partial charge is 0.224 e. The van der Waals surface area contributed by atoms with Crippen molar-refractivity contribution in [2.75, 3.05) is 17.2 Å². The number of hydrogen-bond acceptors (Lipinski definition) is 2. The molecule has 0 saturated carbocycles. The second kappa shape index (κ2) is 6.50. The summed E-state index contributed by atoms with van der Waals surface area (Å²) < 4.78 is 0. The first-order chi connectivity index (χ1) is 7.81. The molecule has 0 unspecified atom stereocenters. The van der Waals surface area contributed by atoms with E-state index in [2.05, 4.69) is 16.7 Å². The lowest BCUT2D eigenvalue weighted by Crippen LogP contribution is -2.17. The number of carbonyl (C=O) groups is 1. The molecule has 0 atom stereocenters. The average molecular weight is 255 g/mol. The van der Waals surface area contributed by atoms with Crippen molar-refractivity contribution in [1.82, 2.24) is 0 Å².